The van der Waals surface area contributed by atoms with Crippen molar-refractivity contribution in [3.63, 3.8) is 0 Å². The molecule has 0 fully saturated rings. The molecule has 0 heterocycles. The lowest BCUT2D eigenvalue weighted by Crippen LogP contribution is -1.94. The van der Waals surface area contributed by atoms with Crippen molar-refractivity contribution < 1.29 is 4.92 Å². The summed E-state index contributed by atoms with van der Waals surface area (Å²) in [5, 5.41) is 10.9. The standard InChI is InChI=1S/C15H15NO2S/c1-12-6-2-3-7-13(12)10-19-11-14-8-4-5-9-15(14)16(17)18/h2-9H,10-11H2,1H3. The predicted molar refractivity (Wildman–Crippen MR) is 79.3 cm³/mol. The zero-order valence-corrected chi connectivity index (χ0v) is 11.5. The highest BCUT2D eigenvalue weighted by Gasteiger charge is 2.11. The van der Waals surface area contributed by atoms with Crippen molar-refractivity contribution in [2.24, 2.45) is 0 Å². The van der Waals surface area contributed by atoms with E-state index in [0.717, 1.165) is 11.3 Å². The van der Waals surface area contributed by atoms with Crippen LogP contribution in [0.4, 0.5) is 5.69 Å². The lowest BCUT2D eigenvalue weighted by molar-refractivity contribution is -0.385. The fraction of sp³-hybridized carbons (Fsp3) is 0.200. The minimum absolute atomic E-state index is 0.208. The van der Waals surface area contributed by atoms with Crippen LogP contribution in [0.5, 0.6) is 0 Å². The van der Waals surface area contributed by atoms with E-state index in [1.54, 1.807) is 23.9 Å². The molecule has 0 aliphatic rings. The highest BCUT2D eigenvalue weighted by Crippen LogP contribution is 2.25. The van der Waals surface area contributed by atoms with Crippen LogP contribution in [0.15, 0.2) is 48.5 Å². The summed E-state index contributed by atoms with van der Waals surface area (Å²) in [5.74, 6) is 1.53. The van der Waals surface area contributed by atoms with Gasteiger partial charge in [-0.3, -0.25) is 10.1 Å². The largest absolute Gasteiger partial charge is 0.273 e. The van der Waals surface area contributed by atoms with Gasteiger partial charge in [0, 0.05) is 23.1 Å². The monoisotopic (exact) mass is 273 g/mol. The van der Waals surface area contributed by atoms with Crippen LogP contribution in [-0.2, 0) is 11.5 Å². The summed E-state index contributed by atoms with van der Waals surface area (Å²) in [6.07, 6.45) is 0. The van der Waals surface area contributed by atoms with Crippen LogP contribution >= 0.6 is 11.8 Å². The Labute approximate surface area is 116 Å². The molecule has 0 unspecified atom stereocenters. The zero-order valence-electron chi connectivity index (χ0n) is 10.7. The average Bonchev–Trinajstić information content (AvgIpc) is 2.41. The molecule has 0 aliphatic heterocycles. The second-order valence-electron chi connectivity index (χ2n) is 4.31. The van der Waals surface area contributed by atoms with Crippen LogP contribution in [0.1, 0.15) is 16.7 Å². The molecule has 0 saturated carbocycles. The van der Waals surface area contributed by atoms with E-state index >= 15 is 0 Å². The number of benzene rings is 2. The summed E-state index contributed by atoms with van der Waals surface area (Å²) >= 11 is 1.70. The third-order valence-electron chi connectivity index (χ3n) is 2.96. The molecule has 98 valence electrons. The second-order valence-corrected chi connectivity index (χ2v) is 5.29. The lowest BCUT2D eigenvalue weighted by atomic mass is 10.1. The normalized spacial score (nSPS) is 10.4. The van der Waals surface area contributed by atoms with E-state index in [1.807, 2.05) is 24.3 Å². The van der Waals surface area contributed by atoms with Crippen molar-refractivity contribution in [3.05, 3.63) is 75.3 Å². The number of hydrogen-bond donors (Lipinski definition) is 0. The van der Waals surface area contributed by atoms with E-state index in [0.29, 0.717) is 5.75 Å². The highest BCUT2D eigenvalue weighted by atomic mass is 32.2. The first-order valence-electron chi connectivity index (χ1n) is 6.03. The SMILES string of the molecule is Cc1ccccc1CSCc1ccccc1[N+](=O)[O-]. The first-order chi connectivity index (χ1) is 9.18. The van der Waals surface area contributed by atoms with Crippen LogP contribution in [0.25, 0.3) is 0 Å². The number of para-hydroxylation sites is 1. The number of thioether (sulfide) groups is 1. The van der Waals surface area contributed by atoms with Crippen molar-refractivity contribution >= 4 is 17.4 Å². The third kappa shape index (κ3) is 3.58. The molecular weight excluding hydrogens is 258 g/mol. The first kappa shape index (κ1) is 13.6. The van der Waals surface area contributed by atoms with Gasteiger partial charge < -0.3 is 0 Å². The summed E-state index contributed by atoms with van der Waals surface area (Å²) in [6.45, 7) is 2.08. The lowest BCUT2D eigenvalue weighted by Gasteiger charge is -2.06. The number of nitro groups is 1. The van der Waals surface area contributed by atoms with E-state index in [4.69, 9.17) is 0 Å². The van der Waals surface area contributed by atoms with Crippen LogP contribution in [-0.4, -0.2) is 4.92 Å². The summed E-state index contributed by atoms with van der Waals surface area (Å²) in [4.78, 5) is 10.6. The van der Waals surface area contributed by atoms with E-state index < -0.39 is 0 Å². The van der Waals surface area contributed by atoms with Crippen LogP contribution in [0.3, 0.4) is 0 Å². The van der Waals surface area contributed by atoms with Gasteiger partial charge in [-0.05, 0) is 18.1 Å². The van der Waals surface area contributed by atoms with Crippen molar-refractivity contribution in [3.8, 4) is 0 Å². The van der Waals surface area contributed by atoms with Crippen LogP contribution < -0.4 is 0 Å². The van der Waals surface area contributed by atoms with Crippen molar-refractivity contribution in [1.29, 1.82) is 0 Å². The minimum atomic E-state index is -0.316. The first-order valence-corrected chi connectivity index (χ1v) is 7.18. The van der Waals surface area contributed by atoms with Gasteiger partial charge in [-0.2, -0.15) is 11.8 Å². The molecule has 3 nitrogen and oxygen atoms in total. The van der Waals surface area contributed by atoms with Crippen molar-refractivity contribution in [2.75, 3.05) is 0 Å². The Morgan fingerprint density at radius 1 is 1.00 bits per heavy atom. The molecule has 2 aromatic carbocycles. The third-order valence-corrected chi connectivity index (χ3v) is 3.99. The Hall–Kier alpha value is -1.81. The molecule has 2 rings (SSSR count). The Balaban J connectivity index is 2.00. The molecule has 19 heavy (non-hydrogen) atoms. The number of rotatable bonds is 5. The topological polar surface area (TPSA) is 43.1 Å². The molecule has 0 aromatic heterocycles. The van der Waals surface area contributed by atoms with Gasteiger partial charge in [0.05, 0.1) is 4.92 Å². The molecule has 0 aliphatic carbocycles. The number of nitro benzene ring substituents is 1. The van der Waals surface area contributed by atoms with E-state index in [2.05, 4.69) is 19.1 Å². The van der Waals surface area contributed by atoms with Crippen molar-refractivity contribution in [1.82, 2.24) is 0 Å². The van der Waals surface area contributed by atoms with Gasteiger partial charge in [0.25, 0.3) is 5.69 Å². The molecule has 0 spiro atoms. The summed E-state index contributed by atoms with van der Waals surface area (Å²) in [5.41, 5.74) is 3.54. The summed E-state index contributed by atoms with van der Waals surface area (Å²) in [7, 11) is 0. The minimum Gasteiger partial charge on any atom is -0.258 e. The number of nitrogens with zero attached hydrogens (tertiary/aromatic N) is 1. The van der Waals surface area contributed by atoms with Gasteiger partial charge in [0.15, 0.2) is 0 Å². The molecule has 0 saturated heterocycles. The Kier molecular flexibility index (Phi) is 4.58. The Morgan fingerprint density at radius 3 is 2.26 bits per heavy atom. The smallest absolute Gasteiger partial charge is 0.258 e. The van der Waals surface area contributed by atoms with Crippen LogP contribution in [0.2, 0.25) is 0 Å². The molecule has 0 N–H and O–H groups in total. The van der Waals surface area contributed by atoms with E-state index in [-0.39, 0.29) is 10.6 Å². The van der Waals surface area contributed by atoms with E-state index in [1.165, 1.54) is 11.1 Å². The van der Waals surface area contributed by atoms with Gasteiger partial charge in [0.1, 0.15) is 0 Å². The maximum atomic E-state index is 10.9. The molecule has 4 heteroatoms. The number of hydrogen-bond acceptors (Lipinski definition) is 3. The Morgan fingerprint density at radius 2 is 1.58 bits per heavy atom. The van der Waals surface area contributed by atoms with Gasteiger partial charge in [-0.1, -0.05) is 42.5 Å². The fourth-order valence-corrected chi connectivity index (χ4v) is 2.96. The quantitative estimate of drug-likeness (QED) is 0.601. The average molecular weight is 273 g/mol. The van der Waals surface area contributed by atoms with Gasteiger partial charge in [-0.15, -0.1) is 0 Å². The molecule has 0 atom stereocenters. The number of aryl methyl sites for hydroxylation is 1. The van der Waals surface area contributed by atoms with Gasteiger partial charge in [0.2, 0.25) is 0 Å². The maximum Gasteiger partial charge on any atom is 0.273 e. The van der Waals surface area contributed by atoms with Crippen molar-refractivity contribution in [2.45, 2.75) is 18.4 Å². The van der Waals surface area contributed by atoms with Gasteiger partial charge >= 0.3 is 0 Å². The second kappa shape index (κ2) is 6.38. The predicted octanol–water partition coefficient (Wildman–Crippen LogP) is 4.34. The molecular formula is C15H15NO2S. The molecule has 2 aromatic rings. The summed E-state index contributed by atoms with van der Waals surface area (Å²) < 4.78 is 0. The highest BCUT2D eigenvalue weighted by molar-refractivity contribution is 7.97. The fourth-order valence-electron chi connectivity index (χ4n) is 1.85. The zero-order chi connectivity index (χ0) is 13.7. The molecule has 0 amide bonds. The maximum absolute atomic E-state index is 10.9. The molecule has 0 bridgehead atoms. The summed E-state index contributed by atoms with van der Waals surface area (Å²) in [6, 6.07) is 15.2. The van der Waals surface area contributed by atoms with Crippen LogP contribution in [0, 0.1) is 17.0 Å². The van der Waals surface area contributed by atoms with Gasteiger partial charge in [-0.25, -0.2) is 0 Å². The molecule has 0 radical (unpaired) electrons. The Bertz CT molecular complexity index is 584. The van der Waals surface area contributed by atoms with E-state index in [9.17, 15) is 10.1 Å².